The monoisotopic (exact) mass is 392 g/mol. The lowest BCUT2D eigenvalue weighted by atomic mass is 9.74. The summed E-state index contributed by atoms with van der Waals surface area (Å²) in [4.78, 5) is 24.2. The maximum absolute atomic E-state index is 13.4. The van der Waals surface area contributed by atoms with Crippen LogP contribution in [0.15, 0.2) is 41.4 Å². The first-order valence-corrected chi connectivity index (χ1v) is 9.91. The molecular weight excluding hydrogens is 368 g/mol. The van der Waals surface area contributed by atoms with Gasteiger partial charge in [0.2, 0.25) is 0 Å². The van der Waals surface area contributed by atoms with Gasteiger partial charge in [-0.2, -0.15) is 0 Å². The van der Waals surface area contributed by atoms with Gasteiger partial charge in [0.1, 0.15) is 11.4 Å². The molecule has 7 heteroatoms. The molecule has 2 N–H and O–H groups in total. The van der Waals surface area contributed by atoms with Gasteiger partial charge in [0.05, 0.1) is 12.3 Å². The number of rotatable bonds is 1. The fourth-order valence-electron chi connectivity index (χ4n) is 4.67. The van der Waals surface area contributed by atoms with Crippen molar-refractivity contribution in [2.24, 2.45) is 10.7 Å². The van der Waals surface area contributed by atoms with Crippen LogP contribution in [0.25, 0.3) is 11.3 Å². The van der Waals surface area contributed by atoms with Crippen LogP contribution in [0.4, 0.5) is 0 Å². The summed E-state index contributed by atoms with van der Waals surface area (Å²) in [5.41, 5.74) is 7.87. The molecule has 1 aromatic carbocycles. The van der Waals surface area contributed by atoms with E-state index in [0.717, 1.165) is 35.4 Å². The zero-order valence-electron chi connectivity index (χ0n) is 16.6. The molecule has 29 heavy (non-hydrogen) atoms. The number of guanidine groups is 1. The number of pyridine rings is 1. The average Bonchev–Trinajstić information content (AvgIpc) is 2.92. The third-order valence-electron chi connectivity index (χ3n) is 6.11. The van der Waals surface area contributed by atoms with Crippen molar-refractivity contribution in [1.29, 1.82) is 0 Å². The summed E-state index contributed by atoms with van der Waals surface area (Å²) in [6, 6.07) is 11.8. The highest BCUT2D eigenvalue weighted by molar-refractivity contribution is 6.07. The Kier molecular flexibility index (Phi) is 3.93. The standard InChI is InChI=1S/C22H24N4O3/c1-14-5-3-6-17(24-14)15-7-8-18-16(11-15)22(19(27)26(2)20(23)25-22)12-21(29-18)9-4-10-28-13-21/h3,5-8,11H,4,9-10,12-13H2,1-2H3,(H2,23,25). The fraction of sp³-hybridized carbons (Fsp3) is 0.409. The Bertz CT molecular complexity index is 1030. The van der Waals surface area contributed by atoms with Gasteiger partial charge in [-0.1, -0.05) is 6.07 Å². The van der Waals surface area contributed by atoms with Crippen LogP contribution in [0.5, 0.6) is 5.75 Å². The predicted octanol–water partition coefficient (Wildman–Crippen LogP) is 2.37. The molecule has 7 nitrogen and oxygen atoms in total. The molecule has 2 spiro atoms. The zero-order chi connectivity index (χ0) is 20.2. The van der Waals surface area contributed by atoms with E-state index in [-0.39, 0.29) is 11.9 Å². The summed E-state index contributed by atoms with van der Waals surface area (Å²) >= 11 is 0. The second-order valence-electron chi connectivity index (χ2n) is 8.19. The number of carbonyl (C=O) groups is 1. The number of amides is 1. The maximum Gasteiger partial charge on any atom is 0.261 e. The minimum atomic E-state index is -1.09. The van der Waals surface area contributed by atoms with Gasteiger partial charge in [0.25, 0.3) is 5.91 Å². The van der Waals surface area contributed by atoms with E-state index in [9.17, 15) is 4.79 Å². The van der Waals surface area contributed by atoms with Gasteiger partial charge in [-0.15, -0.1) is 0 Å². The van der Waals surface area contributed by atoms with Crippen molar-refractivity contribution in [1.82, 2.24) is 9.88 Å². The molecule has 2 atom stereocenters. The summed E-state index contributed by atoms with van der Waals surface area (Å²) in [5.74, 6) is 0.769. The van der Waals surface area contributed by atoms with Crippen LogP contribution >= 0.6 is 0 Å². The van der Waals surface area contributed by atoms with Gasteiger partial charge in [-0.25, -0.2) is 4.99 Å². The number of hydrogen-bond acceptors (Lipinski definition) is 6. The Hall–Kier alpha value is -2.93. The molecule has 0 bridgehead atoms. The molecule has 5 rings (SSSR count). The van der Waals surface area contributed by atoms with Gasteiger partial charge in [0.15, 0.2) is 11.5 Å². The third kappa shape index (κ3) is 2.72. The molecule has 4 heterocycles. The van der Waals surface area contributed by atoms with Crippen LogP contribution in [0.2, 0.25) is 0 Å². The molecule has 1 saturated heterocycles. The van der Waals surface area contributed by atoms with E-state index in [1.807, 2.05) is 43.3 Å². The summed E-state index contributed by atoms with van der Waals surface area (Å²) in [7, 11) is 1.67. The molecular formula is C22H24N4O3. The van der Waals surface area contributed by atoms with Crippen LogP contribution < -0.4 is 10.5 Å². The number of benzene rings is 1. The zero-order valence-corrected chi connectivity index (χ0v) is 16.6. The fourth-order valence-corrected chi connectivity index (χ4v) is 4.67. The Morgan fingerprint density at radius 3 is 2.79 bits per heavy atom. The lowest BCUT2D eigenvalue weighted by molar-refractivity contribution is -0.139. The topological polar surface area (TPSA) is 90.0 Å². The number of nitrogens with zero attached hydrogens (tertiary/aromatic N) is 3. The number of ether oxygens (including phenoxy) is 2. The maximum atomic E-state index is 13.4. The number of aliphatic imine (C=N–C) groups is 1. The van der Waals surface area contributed by atoms with Gasteiger partial charge in [0, 0.05) is 36.9 Å². The second kappa shape index (κ2) is 6.29. The molecule has 0 aliphatic carbocycles. The molecule has 0 saturated carbocycles. The third-order valence-corrected chi connectivity index (χ3v) is 6.11. The van der Waals surface area contributed by atoms with E-state index in [1.54, 1.807) is 7.05 Å². The molecule has 2 aromatic rings. The predicted molar refractivity (Wildman–Crippen MR) is 109 cm³/mol. The lowest BCUT2D eigenvalue weighted by Gasteiger charge is -2.46. The van der Waals surface area contributed by atoms with Crippen molar-refractivity contribution < 1.29 is 14.3 Å². The molecule has 1 aromatic heterocycles. The SMILES string of the molecule is Cc1cccc(-c2ccc3c(c2)C2(CC4(CCCOC4)O3)N=C(N)N(C)C2=O)n1. The van der Waals surface area contributed by atoms with Crippen molar-refractivity contribution in [3.8, 4) is 17.0 Å². The molecule has 2 unspecified atom stereocenters. The minimum Gasteiger partial charge on any atom is -0.484 e. The summed E-state index contributed by atoms with van der Waals surface area (Å²) in [6.07, 6.45) is 2.13. The number of aryl methyl sites for hydroxylation is 1. The second-order valence-corrected chi connectivity index (χ2v) is 8.19. The highest BCUT2D eigenvalue weighted by Gasteiger charge is 2.58. The van der Waals surface area contributed by atoms with Crippen LogP contribution in [0.3, 0.4) is 0 Å². The smallest absolute Gasteiger partial charge is 0.261 e. The van der Waals surface area contributed by atoms with Crippen LogP contribution in [-0.4, -0.2) is 47.6 Å². The van der Waals surface area contributed by atoms with Crippen molar-refractivity contribution in [2.75, 3.05) is 20.3 Å². The largest absolute Gasteiger partial charge is 0.484 e. The van der Waals surface area contributed by atoms with Crippen LogP contribution in [0, 0.1) is 6.92 Å². The number of aromatic nitrogens is 1. The van der Waals surface area contributed by atoms with Crippen LogP contribution in [0.1, 0.15) is 30.5 Å². The van der Waals surface area contributed by atoms with E-state index in [0.29, 0.717) is 25.4 Å². The van der Waals surface area contributed by atoms with E-state index >= 15 is 0 Å². The van der Waals surface area contributed by atoms with Crippen molar-refractivity contribution in [3.05, 3.63) is 47.7 Å². The van der Waals surface area contributed by atoms with E-state index in [1.165, 1.54) is 4.90 Å². The Labute approximate surface area is 169 Å². The summed E-state index contributed by atoms with van der Waals surface area (Å²) in [5, 5.41) is 0. The molecule has 1 amide bonds. The van der Waals surface area contributed by atoms with Gasteiger partial charge < -0.3 is 15.2 Å². The molecule has 150 valence electrons. The van der Waals surface area contributed by atoms with E-state index in [4.69, 9.17) is 20.2 Å². The van der Waals surface area contributed by atoms with Gasteiger partial charge in [-0.05, 0) is 50.1 Å². The molecule has 1 fully saturated rings. The Morgan fingerprint density at radius 1 is 1.24 bits per heavy atom. The average molecular weight is 392 g/mol. The quantitative estimate of drug-likeness (QED) is 0.805. The summed E-state index contributed by atoms with van der Waals surface area (Å²) in [6.45, 7) is 3.11. The van der Waals surface area contributed by atoms with E-state index in [2.05, 4.69) is 4.98 Å². The molecule has 3 aliphatic rings. The normalized spacial score (nSPS) is 28.4. The first-order valence-electron chi connectivity index (χ1n) is 9.91. The number of nitrogens with two attached hydrogens (primary N) is 1. The minimum absolute atomic E-state index is 0.126. The number of hydrogen-bond donors (Lipinski definition) is 1. The first kappa shape index (κ1) is 18.1. The van der Waals surface area contributed by atoms with Gasteiger partial charge in [-0.3, -0.25) is 14.7 Å². The molecule has 0 radical (unpaired) electrons. The highest BCUT2D eigenvalue weighted by atomic mass is 16.5. The number of likely N-dealkylation sites (N-methyl/N-ethyl adjacent to an activating group) is 1. The Morgan fingerprint density at radius 2 is 2.10 bits per heavy atom. The van der Waals surface area contributed by atoms with Crippen molar-refractivity contribution in [2.45, 2.75) is 37.3 Å². The van der Waals surface area contributed by atoms with Gasteiger partial charge >= 0.3 is 0 Å². The number of fused-ring (bicyclic) bond motifs is 2. The summed E-state index contributed by atoms with van der Waals surface area (Å²) < 4.78 is 12.2. The van der Waals surface area contributed by atoms with E-state index < -0.39 is 11.1 Å². The lowest BCUT2D eigenvalue weighted by Crippen LogP contribution is -2.55. The Balaban J connectivity index is 1.69. The number of carbonyl (C=O) groups excluding carboxylic acids is 1. The molecule has 3 aliphatic heterocycles. The van der Waals surface area contributed by atoms with Crippen LogP contribution in [-0.2, 0) is 15.1 Å². The highest BCUT2D eigenvalue weighted by Crippen LogP contribution is 2.51. The first-order chi connectivity index (χ1) is 13.9. The van der Waals surface area contributed by atoms with Crippen molar-refractivity contribution in [3.63, 3.8) is 0 Å². The van der Waals surface area contributed by atoms with Crippen molar-refractivity contribution >= 4 is 11.9 Å².